The lowest BCUT2D eigenvalue weighted by Crippen LogP contribution is -2.37. The molecule has 4 heteroatoms. The van der Waals surface area contributed by atoms with Crippen molar-refractivity contribution in [1.82, 2.24) is 10.2 Å². The van der Waals surface area contributed by atoms with E-state index in [0.29, 0.717) is 25.2 Å². The molecule has 1 aromatic rings. The van der Waals surface area contributed by atoms with Crippen molar-refractivity contribution >= 4 is 5.91 Å². The van der Waals surface area contributed by atoms with Gasteiger partial charge in [0.25, 0.3) is 0 Å². The first-order valence-corrected chi connectivity index (χ1v) is 6.30. The molecule has 1 rings (SSSR count). The molecular weight excluding hydrogens is 238 g/mol. The van der Waals surface area contributed by atoms with Crippen LogP contribution in [-0.4, -0.2) is 30.4 Å². The van der Waals surface area contributed by atoms with Crippen molar-refractivity contribution < 1.29 is 4.79 Å². The second-order valence-electron chi connectivity index (χ2n) is 4.10. The van der Waals surface area contributed by atoms with Gasteiger partial charge in [0.15, 0.2) is 0 Å². The predicted octanol–water partition coefficient (Wildman–Crippen LogP) is 1.68. The average molecular weight is 257 g/mol. The molecule has 0 aliphatic heterocycles. The Bertz CT molecular complexity index is 477. The minimum atomic E-state index is 0.0251. The molecule has 0 bridgehead atoms. The van der Waals surface area contributed by atoms with Gasteiger partial charge < -0.3 is 10.2 Å². The van der Waals surface area contributed by atoms with Gasteiger partial charge in [-0.25, -0.2) is 0 Å². The molecule has 0 saturated heterocycles. The van der Waals surface area contributed by atoms with Gasteiger partial charge in [-0.05, 0) is 18.6 Å². The van der Waals surface area contributed by atoms with E-state index in [1.54, 1.807) is 17.0 Å². The minimum absolute atomic E-state index is 0.0251. The smallest absolute Gasteiger partial charge is 0.236 e. The number of rotatable bonds is 7. The predicted molar refractivity (Wildman–Crippen MR) is 75.3 cm³/mol. The van der Waals surface area contributed by atoms with Gasteiger partial charge in [-0.3, -0.25) is 4.79 Å². The van der Waals surface area contributed by atoms with Crippen LogP contribution in [0.1, 0.15) is 18.1 Å². The third-order valence-corrected chi connectivity index (χ3v) is 2.80. The first kappa shape index (κ1) is 14.9. The molecule has 0 heterocycles. The Labute approximate surface area is 114 Å². The Morgan fingerprint density at radius 3 is 2.89 bits per heavy atom. The molecule has 0 radical (unpaired) electrons. The van der Waals surface area contributed by atoms with Crippen molar-refractivity contribution in [1.29, 1.82) is 5.26 Å². The normalized spacial score (nSPS) is 9.68. The van der Waals surface area contributed by atoms with Gasteiger partial charge in [0.1, 0.15) is 0 Å². The average Bonchev–Trinajstić information content (AvgIpc) is 2.45. The molecule has 0 saturated carbocycles. The topological polar surface area (TPSA) is 56.1 Å². The van der Waals surface area contributed by atoms with Crippen LogP contribution in [0.25, 0.3) is 0 Å². The fourth-order valence-corrected chi connectivity index (χ4v) is 1.74. The fourth-order valence-electron chi connectivity index (χ4n) is 1.74. The third kappa shape index (κ3) is 4.57. The van der Waals surface area contributed by atoms with E-state index in [-0.39, 0.29) is 12.5 Å². The van der Waals surface area contributed by atoms with Gasteiger partial charge in [0, 0.05) is 19.6 Å². The zero-order valence-electron chi connectivity index (χ0n) is 11.2. The summed E-state index contributed by atoms with van der Waals surface area (Å²) in [6.07, 6.45) is 1.72. The Morgan fingerprint density at radius 2 is 2.26 bits per heavy atom. The van der Waals surface area contributed by atoms with Crippen molar-refractivity contribution in [3.05, 3.63) is 48.0 Å². The highest BCUT2D eigenvalue weighted by atomic mass is 16.2. The molecule has 19 heavy (non-hydrogen) atoms. The van der Waals surface area contributed by atoms with Crippen LogP contribution in [0.4, 0.5) is 0 Å². The monoisotopic (exact) mass is 257 g/mol. The highest BCUT2D eigenvalue weighted by molar-refractivity contribution is 5.78. The Morgan fingerprint density at radius 1 is 1.53 bits per heavy atom. The maximum Gasteiger partial charge on any atom is 0.236 e. The highest BCUT2D eigenvalue weighted by Gasteiger charge is 2.13. The number of nitrogens with zero attached hydrogens (tertiary/aromatic N) is 2. The number of nitriles is 1. The van der Waals surface area contributed by atoms with Crippen LogP contribution in [0, 0.1) is 11.3 Å². The summed E-state index contributed by atoms with van der Waals surface area (Å²) in [6.45, 7) is 7.50. The lowest BCUT2D eigenvalue weighted by molar-refractivity contribution is -0.130. The van der Waals surface area contributed by atoms with Crippen LogP contribution in [0.15, 0.2) is 36.9 Å². The molecule has 0 unspecified atom stereocenters. The number of amides is 1. The van der Waals surface area contributed by atoms with Gasteiger partial charge in [0.2, 0.25) is 5.91 Å². The lowest BCUT2D eigenvalue weighted by Gasteiger charge is -2.21. The molecule has 0 aliphatic carbocycles. The van der Waals surface area contributed by atoms with Gasteiger partial charge in [-0.2, -0.15) is 5.26 Å². The van der Waals surface area contributed by atoms with Crippen molar-refractivity contribution in [3.8, 4) is 6.07 Å². The van der Waals surface area contributed by atoms with E-state index >= 15 is 0 Å². The Hall–Kier alpha value is -2.12. The zero-order chi connectivity index (χ0) is 14.1. The number of hydrogen-bond donors (Lipinski definition) is 1. The molecule has 100 valence electrons. The molecular formula is C15H19N3O. The maximum absolute atomic E-state index is 12.0. The van der Waals surface area contributed by atoms with Crippen LogP contribution in [-0.2, 0) is 11.3 Å². The van der Waals surface area contributed by atoms with Gasteiger partial charge in [-0.1, -0.05) is 24.3 Å². The van der Waals surface area contributed by atoms with E-state index in [9.17, 15) is 4.79 Å². The van der Waals surface area contributed by atoms with Crippen molar-refractivity contribution in [2.45, 2.75) is 13.5 Å². The quantitative estimate of drug-likeness (QED) is 0.597. The third-order valence-electron chi connectivity index (χ3n) is 2.80. The summed E-state index contributed by atoms with van der Waals surface area (Å²) in [5.41, 5.74) is 1.50. The molecule has 0 atom stereocenters. The molecule has 1 amide bonds. The Kier molecular flexibility index (Phi) is 6.34. The summed E-state index contributed by atoms with van der Waals surface area (Å²) >= 11 is 0. The molecule has 0 aromatic heterocycles. The molecule has 1 N–H and O–H groups in total. The number of benzene rings is 1. The summed E-state index contributed by atoms with van der Waals surface area (Å²) in [5, 5.41) is 12.0. The van der Waals surface area contributed by atoms with Crippen molar-refractivity contribution in [2.24, 2.45) is 0 Å². The standard InChI is InChI=1S/C15H19N3O/c1-3-9-17-11-15(19)18(4-2)12-14-8-6-5-7-13(14)10-16/h3,5-8,17H,1,4,9,11-12H2,2H3. The molecule has 0 fully saturated rings. The van der Waals surface area contributed by atoms with Gasteiger partial charge in [0.05, 0.1) is 18.2 Å². The van der Waals surface area contributed by atoms with E-state index in [0.717, 1.165) is 5.56 Å². The summed E-state index contributed by atoms with van der Waals surface area (Å²) < 4.78 is 0. The van der Waals surface area contributed by atoms with E-state index in [4.69, 9.17) is 5.26 Å². The number of carbonyl (C=O) groups is 1. The SMILES string of the molecule is C=CCNCC(=O)N(CC)Cc1ccccc1C#N. The summed E-state index contributed by atoms with van der Waals surface area (Å²) in [7, 11) is 0. The molecule has 0 spiro atoms. The van der Waals surface area contributed by atoms with E-state index in [1.807, 2.05) is 25.1 Å². The summed E-state index contributed by atoms with van der Waals surface area (Å²) in [5.74, 6) is 0.0251. The molecule has 0 aliphatic rings. The Balaban J connectivity index is 2.68. The lowest BCUT2D eigenvalue weighted by atomic mass is 10.1. The second-order valence-corrected chi connectivity index (χ2v) is 4.10. The van der Waals surface area contributed by atoms with Crippen LogP contribution >= 0.6 is 0 Å². The number of likely N-dealkylation sites (N-methyl/N-ethyl adjacent to an activating group) is 1. The van der Waals surface area contributed by atoms with Crippen molar-refractivity contribution in [3.63, 3.8) is 0 Å². The van der Waals surface area contributed by atoms with Crippen molar-refractivity contribution in [2.75, 3.05) is 19.6 Å². The molecule has 1 aromatic carbocycles. The largest absolute Gasteiger partial charge is 0.337 e. The fraction of sp³-hybridized carbons (Fsp3) is 0.333. The first-order chi connectivity index (χ1) is 9.22. The van der Waals surface area contributed by atoms with E-state index in [2.05, 4.69) is 18.0 Å². The van der Waals surface area contributed by atoms with E-state index in [1.165, 1.54) is 0 Å². The molecule has 4 nitrogen and oxygen atoms in total. The van der Waals surface area contributed by atoms with E-state index < -0.39 is 0 Å². The van der Waals surface area contributed by atoms with Crippen LogP contribution in [0.3, 0.4) is 0 Å². The number of carbonyl (C=O) groups excluding carboxylic acids is 1. The number of hydrogen-bond acceptors (Lipinski definition) is 3. The second kappa shape index (κ2) is 8.06. The first-order valence-electron chi connectivity index (χ1n) is 6.30. The zero-order valence-corrected chi connectivity index (χ0v) is 11.2. The van der Waals surface area contributed by atoms with Gasteiger partial charge >= 0.3 is 0 Å². The van der Waals surface area contributed by atoms with Crippen LogP contribution in [0.5, 0.6) is 0 Å². The summed E-state index contributed by atoms with van der Waals surface area (Å²) in [6, 6.07) is 9.50. The van der Waals surface area contributed by atoms with Crippen LogP contribution in [0.2, 0.25) is 0 Å². The minimum Gasteiger partial charge on any atom is -0.337 e. The summed E-state index contributed by atoms with van der Waals surface area (Å²) in [4.78, 5) is 13.7. The maximum atomic E-state index is 12.0. The van der Waals surface area contributed by atoms with Crippen LogP contribution < -0.4 is 5.32 Å². The number of nitrogens with one attached hydrogen (secondary N) is 1. The van der Waals surface area contributed by atoms with Gasteiger partial charge in [-0.15, -0.1) is 6.58 Å². The highest BCUT2D eigenvalue weighted by Crippen LogP contribution is 2.10.